The summed E-state index contributed by atoms with van der Waals surface area (Å²) in [6.45, 7) is 4.49. The third-order valence-electron chi connectivity index (χ3n) is 2.54. The van der Waals surface area contributed by atoms with E-state index in [-0.39, 0.29) is 5.41 Å². The molecule has 1 saturated heterocycles. The molecule has 3 heteroatoms. The van der Waals surface area contributed by atoms with Crippen LogP contribution in [0.25, 0.3) is 0 Å². The number of nitrogens with two attached hydrogens (primary N) is 1. The molecule has 1 atom stereocenters. The van der Waals surface area contributed by atoms with Crippen molar-refractivity contribution in [3.63, 3.8) is 0 Å². The minimum atomic E-state index is 0.217. The molecule has 60 valence electrons. The lowest BCUT2D eigenvalue weighted by Gasteiger charge is -2.45. The first-order valence-electron chi connectivity index (χ1n) is 3.70. The van der Waals surface area contributed by atoms with Gasteiger partial charge in [0.05, 0.1) is 13.2 Å². The SMILES string of the molecule is CNC(C)C1(CN)COC1. The Hall–Kier alpha value is -0.120. The molecular weight excluding hydrogens is 128 g/mol. The van der Waals surface area contributed by atoms with Gasteiger partial charge in [-0.05, 0) is 14.0 Å². The molecule has 0 aromatic carbocycles. The molecule has 1 fully saturated rings. The molecule has 1 rings (SSSR count). The van der Waals surface area contributed by atoms with Gasteiger partial charge in [0, 0.05) is 18.0 Å². The molecule has 0 aromatic rings. The van der Waals surface area contributed by atoms with Crippen molar-refractivity contribution < 1.29 is 4.74 Å². The van der Waals surface area contributed by atoms with E-state index in [1.165, 1.54) is 0 Å². The van der Waals surface area contributed by atoms with Crippen molar-refractivity contribution in [2.75, 3.05) is 26.8 Å². The second-order valence-electron chi connectivity index (χ2n) is 3.07. The Kier molecular flexibility index (Phi) is 2.28. The third-order valence-corrected chi connectivity index (χ3v) is 2.54. The van der Waals surface area contributed by atoms with Crippen LogP contribution in [0, 0.1) is 5.41 Å². The first kappa shape index (κ1) is 7.98. The lowest BCUT2D eigenvalue weighted by molar-refractivity contribution is -0.122. The van der Waals surface area contributed by atoms with Gasteiger partial charge in [0.15, 0.2) is 0 Å². The fourth-order valence-corrected chi connectivity index (χ4v) is 1.22. The van der Waals surface area contributed by atoms with Crippen LogP contribution in [-0.2, 0) is 4.74 Å². The predicted octanol–water partition coefficient (Wildman–Crippen LogP) is -0.430. The van der Waals surface area contributed by atoms with E-state index in [1.54, 1.807) is 0 Å². The van der Waals surface area contributed by atoms with Crippen molar-refractivity contribution in [3.05, 3.63) is 0 Å². The smallest absolute Gasteiger partial charge is 0.0571 e. The Morgan fingerprint density at radius 3 is 2.40 bits per heavy atom. The van der Waals surface area contributed by atoms with E-state index in [2.05, 4.69) is 12.2 Å². The van der Waals surface area contributed by atoms with E-state index < -0.39 is 0 Å². The third kappa shape index (κ3) is 1.05. The predicted molar refractivity (Wildman–Crippen MR) is 40.8 cm³/mol. The lowest BCUT2D eigenvalue weighted by Crippen LogP contribution is -2.58. The summed E-state index contributed by atoms with van der Waals surface area (Å²) in [5, 5.41) is 3.20. The number of rotatable bonds is 3. The van der Waals surface area contributed by atoms with Gasteiger partial charge in [-0.2, -0.15) is 0 Å². The molecule has 3 N–H and O–H groups in total. The van der Waals surface area contributed by atoms with Crippen LogP contribution in [0.15, 0.2) is 0 Å². The highest BCUT2D eigenvalue weighted by Crippen LogP contribution is 2.29. The van der Waals surface area contributed by atoms with Crippen molar-refractivity contribution in [1.82, 2.24) is 5.32 Å². The van der Waals surface area contributed by atoms with Crippen LogP contribution in [0.4, 0.5) is 0 Å². The van der Waals surface area contributed by atoms with Crippen molar-refractivity contribution in [2.45, 2.75) is 13.0 Å². The minimum Gasteiger partial charge on any atom is -0.380 e. The summed E-state index contributed by atoms with van der Waals surface area (Å²) in [5.74, 6) is 0. The van der Waals surface area contributed by atoms with Gasteiger partial charge >= 0.3 is 0 Å². The van der Waals surface area contributed by atoms with Gasteiger partial charge in [0.1, 0.15) is 0 Å². The number of hydrogen-bond acceptors (Lipinski definition) is 3. The molecule has 0 saturated carbocycles. The zero-order valence-corrected chi connectivity index (χ0v) is 6.68. The van der Waals surface area contributed by atoms with E-state index in [0.29, 0.717) is 6.04 Å². The van der Waals surface area contributed by atoms with Crippen LogP contribution in [0.3, 0.4) is 0 Å². The summed E-state index contributed by atoms with van der Waals surface area (Å²) in [7, 11) is 1.96. The van der Waals surface area contributed by atoms with Gasteiger partial charge in [-0.3, -0.25) is 0 Å². The molecule has 1 aliphatic rings. The molecule has 1 heterocycles. The highest BCUT2D eigenvalue weighted by molar-refractivity contribution is 4.94. The standard InChI is InChI=1S/C7H16N2O/c1-6(9-2)7(3-8)4-10-5-7/h6,9H,3-5,8H2,1-2H3. The average Bonchev–Trinajstić information content (AvgIpc) is 1.86. The second-order valence-corrected chi connectivity index (χ2v) is 3.07. The first-order chi connectivity index (χ1) is 4.75. The van der Waals surface area contributed by atoms with Gasteiger partial charge in [-0.15, -0.1) is 0 Å². The monoisotopic (exact) mass is 144 g/mol. The topological polar surface area (TPSA) is 47.3 Å². The molecular formula is C7H16N2O. The average molecular weight is 144 g/mol. The quantitative estimate of drug-likeness (QED) is 0.565. The number of nitrogens with one attached hydrogen (secondary N) is 1. The van der Waals surface area contributed by atoms with Crippen LogP contribution in [0.1, 0.15) is 6.92 Å². The van der Waals surface area contributed by atoms with E-state index in [0.717, 1.165) is 19.8 Å². The normalized spacial score (nSPS) is 25.5. The van der Waals surface area contributed by atoms with Crippen LogP contribution >= 0.6 is 0 Å². The van der Waals surface area contributed by atoms with Crippen molar-refractivity contribution in [1.29, 1.82) is 0 Å². The molecule has 0 bridgehead atoms. The van der Waals surface area contributed by atoms with Gasteiger partial charge in [-0.1, -0.05) is 0 Å². The van der Waals surface area contributed by atoms with E-state index in [1.807, 2.05) is 7.05 Å². The van der Waals surface area contributed by atoms with E-state index in [9.17, 15) is 0 Å². The molecule has 1 unspecified atom stereocenters. The summed E-state index contributed by atoms with van der Waals surface area (Å²) < 4.78 is 5.13. The molecule has 0 aromatic heterocycles. The summed E-state index contributed by atoms with van der Waals surface area (Å²) in [4.78, 5) is 0. The number of ether oxygens (including phenoxy) is 1. The maximum absolute atomic E-state index is 5.63. The summed E-state index contributed by atoms with van der Waals surface area (Å²) in [5.41, 5.74) is 5.84. The summed E-state index contributed by atoms with van der Waals surface area (Å²) in [6.07, 6.45) is 0. The molecule has 3 nitrogen and oxygen atoms in total. The van der Waals surface area contributed by atoms with Gasteiger partial charge in [-0.25, -0.2) is 0 Å². The van der Waals surface area contributed by atoms with Gasteiger partial charge < -0.3 is 15.8 Å². The van der Waals surface area contributed by atoms with Crippen molar-refractivity contribution in [2.24, 2.45) is 11.1 Å². The maximum Gasteiger partial charge on any atom is 0.0571 e. The lowest BCUT2D eigenvalue weighted by atomic mass is 9.79. The fourth-order valence-electron chi connectivity index (χ4n) is 1.22. The number of hydrogen-bond donors (Lipinski definition) is 2. The van der Waals surface area contributed by atoms with Crippen LogP contribution < -0.4 is 11.1 Å². The van der Waals surface area contributed by atoms with E-state index >= 15 is 0 Å². The Morgan fingerprint density at radius 2 is 2.30 bits per heavy atom. The molecule has 1 aliphatic heterocycles. The molecule has 0 aliphatic carbocycles. The second kappa shape index (κ2) is 2.86. The fraction of sp³-hybridized carbons (Fsp3) is 1.00. The van der Waals surface area contributed by atoms with Gasteiger partial charge in [0.25, 0.3) is 0 Å². The Balaban J connectivity index is 2.46. The zero-order valence-electron chi connectivity index (χ0n) is 6.68. The van der Waals surface area contributed by atoms with Crippen LogP contribution in [0.5, 0.6) is 0 Å². The highest BCUT2D eigenvalue weighted by Gasteiger charge is 2.41. The molecule has 0 amide bonds. The zero-order chi connectivity index (χ0) is 7.61. The Morgan fingerprint density at radius 1 is 1.70 bits per heavy atom. The highest BCUT2D eigenvalue weighted by atomic mass is 16.5. The summed E-state index contributed by atoms with van der Waals surface area (Å²) in [6, 6.07) is 0.464. The maximum atomic E-state index is 5.63. The van der Waals surface area contributed by atoms with Crippen LogP contribution in [0.2, 0.25) is 0 Å². The molecule has 10 heavy (non-hydrogen) atoms. The van der Waals surface area contributed by atoms with Gasteiger partial charge in [0.2, 0.25) is 0 Å². The minimum absolute atomic E-state index is 0.217. The Bertz CT molecular complexity index is 107. The first-order valence-corrected chi connectivity index (χ1v) is 3.70. The largest absolute Gasteiger partial charge is 0.380 e. The molecule has 0 spiro atoms. The van der Waals surface area contributed by atoms with Crippen molar-refractivity contribution >= 4 is 0 Å². The van der Waals surface area contributed by atoms with Crippen molar-refractivity contribution in [3.8, 4) is 0 Å². The molecule has 0 radical (unpaired) electrons. The van der Waals surface area contributed by atoms with E-state index in [4.69, 9.17) is 10.5 Å². The Labute approximate surface area is 61.9 Å². The summed E-state index contributed by atoms with van der Waals surface area (Å²) >= 11 is 0. The van der Waals surface area contributed by atoms with Crippen LogP contribution in [-0.4, -0.2) is 32.8 Å².